The number of hydrogen-bond donors (Lipinski definition) is 0. The Labute approximate surface area is 205 Å². The Morgan fingerprint density at radius 2 is 2.11 bits per heavy atom. The highest BCUT2D eigenvalue weighted by molar-refractivity contribution is 5.97. The summed E-state index contributed by atoms with van der Waals surface area (Å²) in [5.41, 5.74) is 1.59. The first-order valence-electron chi connectivity index (χ1n) is 11.8. The zero-order chi connectivity index (χ0) is 25.2. The van der Waals surface area contributed by atoms with Gasteiger partial charge in [0.2, 0.25) is 0 Å². The summed E-state index contributed by atoms with van der Waals surface area (Å²) in [4.78, 5) is 52.8. The lowest BCUT2D eigenvalue weighted by Crippen LogP contribution is -2.35. The van der Waals surface area contributed by atoms with Crippen molar-refractivity contribution in [3.63, 3.8) is 0 Å². The van der Waals surface area contributed by atoms with Crippen molar-refractivity contribution >= 4 is 28.6 Å². The van der Waals surface area contributed by atoms with Gasteiger partial charge in [-0.1, -0.05) is 6.07 Å². The van der Waals surface area contributed by atoms with Crippen LogP contribution in [-0.2, 0) is 16.0 Å². The number of aromatic nitrogens is 4. The lowest BCUT2D eigenvalue weighted by Gasteiger charge is -2.18. The molecule has 0 radical (unpaired) electrons. The van der Waals surface area contributed by atoms with Gasteiger partial charge in [0, 0.05) is 25.2 Å². The molecule has 0 N–H and O–H groups in total. The molecule has 1 amide bonds. The monoisotopic (exact) mass is 487 g/mol. The second kappa shape index (κ2) is 9.82. The van der Waals surface area contributed by atoms with E-state index in [0.717, 1.165) is 18.4 Å². The molecule has 5 rings (SSSR count). The molecule has 0 aliphatic carbocycles. The highest BCUT2D eigenvalue weighted by Crippen LogP contribution is 2.18. The standard InChI is InChI=1S/C26H25N5O5/c1-3-35-26(34)20-13-19-22(28-21-16(2)7-5-11-30(21)25(19)33)31(15-18-9-6-12-36-18)23(20)29-24(32)17-8-4-10-27-14-17/h4-5,7-8,10-11,13-14,18H,3,6,9,12,15H2,1-2H3/t18-/m1/s1. The number of rotatable bonds is 5. The van der Waals surface area contributed by atoms with E-state index in [9.17, 15) is 14.4 Å². The first-order valence-corrected chi connectivity index (χ1v) is 11.8. The van der Waals surface area contributed by atoms with Gasteiger partial charge in [-0.25, -0.2) is 9.78 Å². The van der Waals surface area contributed by atoms with Crippen LogP contribution in [0.5, 0.6) is 0 Å². The molecular weight excluding hydrogens is 462 g/mol. The summed E-state index contributed by atoms with van der Waals surface area (Å²) in [5.74, 6) is -1.27. The zero-order valence-corrected chi connectivity index (χ0v) is 20.0. The molecule has 0 unspecified atom stereocenters. The predicted molar refractivity (Wildman–Crippen MR) is 131 cm³/mol. The maximum Gasteiger partial charge on any atom is 0.341 e. The van der Waals surface area contributed by atoms with E-state index in [4.69, 9.17) is 14.5 Å². The maximum absolute atomic E-state index is 13.5. The zero-order valence-electron chi connectivity index (χ0n) is 20.0. The topological polar surface area (TPSA) is 117 Å². The highest BCUT2D eigenvalue weighted by Gasteiger charge is 2.24. The van der Waals surface area contributed by atoms with Crippen LogP contribution < -0.4 is 11.0 Å². The van der Waals surface area contributed by atoms with Gasteiger partial charge in [-0.3, -0.25) is 19.0 Å². The number of ether oxygens (including phenoxy) is 2. The fraction of sp³-hybridized carbons (Fsp3) is 0.308. The van der Waals surface area contributed by atoms with E-state index in [2.05, 4.69) is 9.98 Å². The van der Waals surface area contributed by atoms with Crippen molar-refractivity contribution < 1.29 is 19.1 Å². The molecule has 36 heavy (non-hydrogen) atoms. The van der Waals surface area contributed by atoms with Crippen molar-refractivity contribution in [3.8, 4) is 0 Å². The summed E-state index contributed by atoms with van der Waals surface area (Å²) in [7, 11) is 0. The molecule has 184 valence electrons. The number of hydrogen-bond acceptors (Lipinski definition) is 7. The molecule has 0 bridgehead atoms. The lowest BCUT2D eigenvalue weighted by atomic mass is 10.1. The van der Waals surface area contributed by atoms with Gasteiger partial charge in [0.15, 0.2) is 5.49 Å². The van der Waals surface area contributed by atoms with Crippen LogP contribution in [0, 0.1) is 6.92 Å². The SMILES string of the molecule is CCOC(=O)c1cc2c(=O)n3cccc(C)c3nc2n(C[C@H]2CCCO2)c1=NC(=O)c1cccnc1. The summed E-state index contributed by atoms with van der Waals surface area (Å²) in [6.45, 7) is 4.54. The molecule has 0 spiro atoms. The third-order valence-electron chi connectivity index (χ3n) is 6.13. The van der Waals surface area contributed by atoms with Gasteiger partial charge in [-0.15, -0.1) is 0 Å². The molecule has 0 saturated carbocycles. The summed E-state index contributed by atoms with van der Waals surface area (Å²) >= 11 is 0. The molecule has 5 heterocycles. The van der Waals surface area contributed by atoms with Crippen molar-refractivity contribution in [2.24, 2.45) is 4.99 Å². The largest absolute Gasteiger partial charge is 0.462 e. The van der Waals surface area contributed by atoms with Gasteiger partial charge in [-0.2, -0.15) is 4.99 Å². The lowest BCUT2D eigenvalue weighted by molar-refractivity contribution is 0.0521. The number of esters is 1. The first kappa shape index (κ1) is 23.6. The summed E-state index contributed by atoms with van der Waals surface area (Å²) in [5, 5.41) is 0.215. The predicted octanol–water partition coefficient (Wildman–Crippen LogP) is 2.45. The molecule has 1 atom stereocenters. The number of nitrogens with zero attached hydrogens (tertiary/aromatic N) is 5. The second-order valence-electron chi connectivity index (χ2n) is 8.55. The maximum atomic E-state index is 13.5. The number of pyridine rings is 3. The van der Waals surface area contributed by atoms with Crippen molar-refractivity contribution in [1.82, 2.24) is 18.9 Å². The molecule has 1 aliphatic rings. The van der Waals surface area contributed by atoms with Crippen LogP contribution >= 0.6 is 0 Å². The fourth-order valence-corrected chi connectivity index (χ4v) is 4.38. The highest BCUT2D eigenvalue weighted by atomic mass is 16.5. The minimum Gasteiger partial charge on any atom is -0.462 e. The van der Waals surface area contributed by atoms with Crippen LogP contribution in [0.2, 0.25) is 0 Å². The fourth-order valence-electron chi connectivity index (χ4n) is 4.38. The number of aryl methyl sites for hydroxylation is 1. The summed E-state index contributed by atoms with van der Waals surface area (Å²) in [6, 6.07) is 8.27. The van der Waals surface area contributed by atoms with Crippen molar-refractivity contribution in [1.29, 1.82) is 0 Å². The Kier molecular flexibility index (Phi) is 6.43. The third kappa shape index (κ3) is 4.31. The van der Waals surface area contributed by atoms with Crippen LogP contribution in [0.1, 0.15) is 46.0 Å². The van der Waals surface area contributed by atoms with Gasteiger partial charge in [0.25, 0.3) is 11.5 Å². The molecule has 1 fully saturated rings. The average molecular weight is 488 g/mol. The molecule has 1 aliphatic heterocycles. The summed E-state index contributed by atoms with van der Waals surface area (Å²) < 4.78 is 14.2. The molecule has 10 nitrogen and oxygen atoms in total. The van der Waals surface area contributed by atoms with Crippen LogP contribution in [0.4, 0.5) is 0 Å². The Balaban J connectivity index is 1.89. The number of carbonyl (C=O) groups is 2. The Hall–Kier alpha value is -4.18. The minimum atomic E-state index is -0.688. The van der Waals surface area contributed by atoms with Gasteiger partial charge >= 0.3 is 5.97 Å². The van der Waals surface area contributed by atoms with E-state index in [1.807, 2.05) is 13.0 Å². The van der Waals surface area contributed by atoms with E-state index in [-0.39, 0.29) is 46.8 Å². The van der Waals surface area contributed by atoms with E-state index in [1.54, 1.807) is 42.1 Å². The molecule has 10 heteroatoms. The third-order valence-corrected chi connectivity index (χ3v) is 6.13. The molecule has 1 saturated heterocycles. The quantitative estimate of drug-likeness (QED) is 0.313. The van der Waals surface area contributed by atoms with E-state index >= 15 is 0 Å². The first-order chi connectivity index (χ1) is 17.5. The Morgan fingerprint density at radius 3 is 2.83 bits per heavy atom. The summed E-state index contributed by atoms with van der Waals surface area (Å²) in [6.07, 6.45) is 6.09. The van der Waals surface area contributed by atoms with E-state index in [1.165, 1.54) is 16.7 Å². The molecule has 0 aromatic carbocycles. The van der Waals surface area contributed by atoms with Crippen LogP contribution in [0.15, 0.2) is 58.7 Å². The van der Waals surface area contributed by atoms with Crippen LogP contribution in [0.25, 0.3) is 16.7 Å². The minimum absolute atomic E-state index is 0.00564. The van der Waals surface area contributed by atoms with Crippen molar-refractivity contribution in [2.45, 2.75) is 39.3 Å². The molecular formula is C26H25N5O5. The van der Waals surface area contributed by atoms with E-state index in [0.29, 0.717) is 17.9 Å². The van der Waals surface area contributed by atoms with Gasteiger partial charge < -0.3 is 14.0 Å². The van der Waals surface area contributed by atoms with Gasteiger partial charge in [-0.05, 0) is 56.5 Å². The number of fused-ring (bicyclic) bond motifs is 2. The van der Waals surface area contributed by atoms with E-state index < -0.39 is 11.9 Å². The second-order valence-corrected chi connectivity index (χ2v) is 8.55. The molecule has 4 aromatic rings. The van der Waals surface area contributed by atoms with Crippen molar-refractivity contribution in [2.75, 3.05) is 13.2 Å². The Bertz CT molecular complexity index is 1600. The van der Waals surface area contributed by atoms with Crippen LogP contribution in [0.3, 0.4) is 0 Å². The van der Waals surface area contributed by atoms with Gasteiger partial charge in [0.05, 0.1) is 30.2 Å². The molecule has 4 aromatic heterocycles. The van der Waals surface area contributed by atoms with Gasteiger partial charge in [0.1, 0.15) is 16.9 Å². The smallest absolute Gasteiger partial charge is 0.341 e. The number of amides is 1. The van der Waals surface area contributed by atoms with Crippen molar-refractivity contribution in [3.05, 3.63) is 81.5 Å². The number of carbonyl (C=O) groups excluding carboxylic acids is 2. The average Bonchev–Trinajstić information content (AvgIpc) is 3.40. The normalized spacial score (nSPS) is 16.1. The Morgan fingerprint density at radius 1 is 1.25 bits per heavy atom. The van der Waals surface area contributed by atoms with Crippen LogP contribution in [-0.4, -0.2) is 50.1 Å².